The molecule has 1 aliphatic heterocycles. The number of carbonyl (C=O) groups excluding carboxylic acids is 1. The van der Waals surface area contributed by atoms with Gasteiger partial charge in [0.2, 0.25) is 10.0 Å². The first kappa shape index (κ1) is 21.4. The van der Waals surface area contributed by atoms with Crippen molar-refractivity contribution in [2.45, 2.75) is 11.8 Å². The topological polar surface area (TPSA) is 97.0 Å². The number of hydrogen-bond donors (Lipinski definition) is 2. The molecular weight excluding hydrogens is 418 g/mol. The van der Waals surface area contributed by atoms with E-state index in [0.717, 1.165) is 0 Å². The predicted molar refractivity (Wildman–Crippen MR) is 111 cm³/mol. The summed E-state index contributed by atoms with van der Waals surface area (Å²) in [5.74, 6) is 0.697. The first-order chi connectivity index (χ1) is 13.9. The van der Waals surface area contributed by atoms with Gasteiger partial charge in [0.15, 0.2) is 0 Å². The van der Waals surface area contributed by atoms with Crippen molar-refractivity contribution < 1.29 is 22.7 Å². The number of rotatable bonds is 6. The Kier molecular flexibility index (Phi) is 6.96. The molecule has 2 amide bonds. The molecule has 156 valence electrons. The summed E-state index contributed by atoms with van der Waals surface area (Å²) >= 11 is 6.15. The van der Waals surface area contributed by atoms with Crippen molar-refractivity contribution in [2.24, 2.45) is 0 Å². The minimum absolute atomic E-state index is 0.0557. The van der Waals surface area contributed by atoms with Gasteiger partial charge in [-0.15, -0.1) is 0 Å². The molecule has 0 aliphatic carbocycles. The standard InChI is InChI=1S/C19H22ClN3O5S/c1-2-28-15-5-3-14(4-6-15)21-19(24)22-18-13-16(7-8-17(18)20)29(25,26)23-9-11-27-12-10-23/h3-8,13H,2,9-12H2,1H3,(H2,21,22,24). The third kappa shape index (κ3) is 5.39. The fourth-order valence-corrected chi connectivity index (χ4v) is 4.38. The molecule has 0 aromatic heterocycles. The van der Waals surface area contributed by atoms with Crippen LogP contribution in [0.4, 0.5) is 16.2 Å². The van der Waals surface area contributed by atoms with Gasteiger partial charge in [0.25, 0.3) is 0 Å². The molecule has 29 heavy (non-hydrogen) atoms. The van der Waals surface area contributed by atoms with Gasteiger partial charge in [-0.2, -0.15) is 4.31 Å². The summed E-state index contributed by atoms with van der Waals surface area (Å²) in [5.41, 5.74) is 0.753. The van der Waals surface area contributed by atoms with Crippen molar-refractivity contribution in [3.63, 3.8) is 0 Å². The second-order valence-corrected chi connectivity index (χ2v) is 8.54. The molecule has 8 nitrogen and oxygen atoms in total. The number of amides is 2. The van der Waals surface area contributed by atoms with E-state index in [0.29, 0.717) is 31.3 Å². The number of sulfonamides is 1. The van der Waals surface area contributed by atoms with E-state index >= 15 is 0 Å². The summed E-state index contributed by atoms with van der Waals surface area (Å²) in [6.45, 7) is 3.70. The molecule has 2 aromatic carbocycles. The van der Waals surface area contributed by atoms with Gasteiger partial charge in [-0.05, 0) is 49.4 Å². The summed E-state index contributed by atoms with van der Waals surface area (Å²) in [4.78, 5) is 12.4. The van der Waals surface area contributed by atoms with Gasteiger partial charge in [0, 0.05) is 18.8 Å². The van der Waals surface area contributed by atoms with Gasteiger partial charge >= 0.3 is 6.03 Å². The zero-order valence-electron chi connectivity index (χ0n) is 15.9. The summed E-state index contributed by atoms with van der Waals surface area (Å²) < 4.78 is 37.5. The number of benzene rings is 2. The highest BCUT2D eigenvalue weighted by Crippen LogP contribution is 2.27. The molecule has 2 aromatic rings. The number of urea groups is 1. The van der Waals surface area contributed by atoms with Crippen molar-refractivity contribution in [3.8, 4) is 5.75 Å². The summed E-state index contributed by atoms with van der Waals surface area (Å²) in [5, 5.41) is 5.49. The van der Waals surface area contributed by atoms with Crippen LogP contribution in [0.25, 0.3) is 0 Å². The Balaban J connectivity index is 1.71. The quantitative estimate of drug-likeness (QED) is 0.719. The zero-order chi connectivity index (χ0) is 20.9. The molecule has 1 saturated heterocycles. The van der Waals surface area contributed by atoms with E-state index in [2.05, 4.69) is 10.6 Å². The van der Waals surface area contributed by atoms with E-state index in [-0.39, 0.29) is 28.7 Å². The van der Waals surface area contributed by atoms with Crippen LogP contribution in [0, 0.1) is 0 Å². The summed E-state index contributed by atoms with van der Waals surface area (Å²) in [6.07, 6.45) is 0. The van der Waals surface area contributed by atoms with Gasteiger partial charge < -0.3 is 20.1 Å². The van der Waals surface area contributed by atoms with Crippen LogP contribution < -0.4 is 15.4 Å². The fraction of sp³-hybridized carbons (Fsp3) is 0.316. The summed E-state index contributed by atoms with van der Waals surface area (Å²) in [7, 11) is -3.70. The highest BCUT2D eigenvalue weighted by molar-refractivity contribution is 7.89. The largest absolute Gasteiger partial charge is 0.494 e. The lowest BCUT2D eigenvalue weighted by atomic mass is 10.3. The normalized spacial score (nSPS) is 15.0. The zero-order valence-corrected chi connectivity index (χ0v) is 17.4. The highest BCUT2D eigenvalue weighted by atomic mass is 35.5. The average molecular weight is 440 g/mol. The Hall–Kier alpha value is -2.33. The maximum absolute atomic E-state index is 12.8. The predicted octanol–water partition coefficient (Wildman–Crippen LogP) is 3.40. The van der Waals surface area contributed by atoms with E-state index in [4.69, 9.17) is 21.1 Å². The van der Waals surface area contributed by atoms with Crippen LogP contribution in [0.2, 0.25) is 5.02 Å². The maximum Gasteiger partial charge on any atom is 0.323 e. The van der Waals surface area contributed by atoms with Crippen LogP contribution in [0.15, 0.2) is 47.4 Å². The third-order valence-corrected chi connectivity index (χ3v) is 6.44. The lowest BCUT2D eigenvalue weighted by molar-refractivity contribution is 0.0730. The van der Waals surface area contributed by atoms with E-state index in [1.165, 1.54) is 22.5 Å². The van der Waals surface area contributed by atoms with Gasteiger partial charge in [-0.3, -0.25) is 0 Å². The van der Waals surface area contributed by atoms with Crippen LogP contribution in [-0.2, 0) is 14.8 Å². The lowest BCUT2D eigenvalue weighted by Gasteiger charge is -2.26. The van der Waals surface area contributed by atoms with Gasteiger partial charge in [0.05, 0.1) is 35.4 Å². The van der Waals surface area contributed by atoms with Crippen LogP contribution >= 0.6 is 11.6 Å². The number of nitrogens with one attached hydrogen (secondary N) is 2. The highest BCUT2D eigenvalue weighted by Gasteiger charge is 2.27. The van der Waals surface area contributed by atoms with E-state index in [1.54, 1.807) is 24.3 Å². The average Bonchev–Trinajstić information content (AvgIpc) is 2.72. The molecule has 0 spiro atoms. The Morgan fingerprint density at radius 3 is 2.48 bits per heavy atom. The molecular formula is C19H22ClN3O5S. The molecule has 10 heteroatoms. The molecule has 1 aliphatic rings. The molecule has 0 unspecified atom stereocenters. The van der Waals surface area contributed by atoms with E-state index in [1.807, 2.05) is 6.92 Å². The molecule has 2 N–H and O–H groups in total. The molecule has 0 bridgehead atoms. The van der Waals surface area contributed by atoms with Crippen LogP contribution in [0.1, 0.15) is 6.92 Å². The number of nitrogens with zero attached hydrogens (tertiary/aromatic N) is 1. The van der Waals surface area contributed by atoms with Crippen LogP contribution in [-0.4, -0.2) is 51.7 Å². The van der Waals surface area contributed by atoms with Gasteiger partial charge in [0.1, 0.15) is 5.75 Å². The minimum Gasteiger partial charge on any atom is -0.494 e. The Morgan fingerprint density at radius 1 is 1.14 bits per heavy atom. The van der Waals surface area contributed by atoms with E-state index in [9.17, 15) is 13.2 Å². The number of carbonyl (C=O) groups is 1. The molecule has 0 atom stereocenters. The fourth-order valence-electron chi connectivity index (χ4n) is 2.78. The molecule has 0 saturated carbocycles. The van der Waals surface area contributed by atoms with Crippen molar-refractivity contribution in [1.82, 2.24) is 4.31 Å². The first-order valence-electron chi connectivity index (χ1n) is 9.08. The lowest BCUT2D eigenvalue weighted by Crippen LogP contribution is -2.40. The number of hydrogen-bond acceptors (Lipinski definition) is 5. The van der Waals surface area contributed by atoms with E-state index < -0.39 is 16.1 Å². The smallest absolute Gasteiger partial charge is 0.323 e. The van der Waals surface area contributed by atoms with Crippen molar-refractivity contribution >= 4 is 39.0 Å². The molecule has 0 radical (unpaired) electrons. The second-order valence-electron chi connectivity index (χ2n) is 6.19. The van der Waals surface area contributed by atoms with Crippen LogP contribution in [0.3, 0.4) is 0 Å². The van der Waals surface area contributed by atoms with Crippen LogP contribution in [0.5, 0.6) is 5.75 Å². The summed E-state index contributed by atoms with van der Waals surface area (Å²) in [6, 6.07) is 10.5. The minimum atomic E-state index is -3.70. The van der Waals surface area contributed by atoms with Crippen molar-refractivity contribution in [2.75, 3.05) is 43.5 Å². The SMILES string of the molecule is CCOc1ccc(NC(=O)Nc2cc(S(=O)(=O)N3CCOCC3)ccc2Cl)cc1. The third-order valence-electron chi connectivity index (χ3n) is 4.22. The Bertz CT molecular complexity index is 960. The second kappa shape index (κ2) is 9.45. The Labute approximate surface area is 174 Å². The monoisotopic (exact) mass is 439 g/mol. The number of anilines is 2. The first-order valence-corrected chi connectivity index (χ1v) is 10.9. The molecule has 3 rings (SSSR count). The number of morpholine rings is 1. The Morgan fingerprint density at radius 2 is 1.83 bits per heavy atom. The van der Waals surface area contributed by atoms with Gasteiger partial charge in [-0.1, -0.05) is 11.6 Å². The van der Waals surface area contributed by atoms with Crippen molar-refractivity contribution in [1.29, 1.82) is 0 Å². The molecule has 1 fully saturated rings. The van der Waals surface area contributed by atoms with Crippen molar-refractivity contribution in [3.05, 3.63) is 47.5 Å². The number of ether oxygens (including phenoxy) is 2. The maximum atomic E-state index is 12.8. The molecule has 1 heterocycles. The van der Waals surface area contributed by atoms with Gasteiger partial charge in [-0.25, -0.2) is 13.2 Å². The number of halogens is 1.